The highest BCUT2D eigenvalue weighted by Crippen LogP contribution is 2.32. The molecule has 1 aromatic heterocycles. The Morgan fingerprint density at radius 1 is 1.05 bits per heavy atom. The summed E-state index contributed by atoms with van der Waals surface area (Å²) >= 11 is 0. The molecule has 3 aromatic rings. The Hall–Kier alpha value is -2.60. The number of hydrogen-bond acceptors (Lipinski definition) is 5. The highest BCUT2D eigenvalue weighted by atomic mass is 32.2. The Kier molecular flexibility index (Phi) is 3.46. The molecule has 6 heteroatoms. The molecular weight excluding hydrogens is 302 g/mol. The minimum absolute atomic E-state index is 0.0516. The maximum absolute atomic E-state index is 12.8. The minimum Gasteiger partial charge on any atom is -0.506 e. The fraction of sp³-hybridized carbons (Fsp3) is 0.0625. The molecule has 0 saturated carbocycles. The predicted molar refractivity (Wildman–Crippen MR) is 81.9 cm³/mol. The normalized spacial score (nSPS) is 11.5. The van der Waals surface area contributed by atoms with Gasteiger partial charge in [-0.25, -0.2) is 8.42 Å². The first-order chi connectivity index (χ1) is 10.5. The Labute approximate surface area is 127 Å². The number of rotatable bonds is 3. The molecule has 1 N–H and O–H groups in total. The van der Waals surface area contributed by atoms with Crippen LogP contribution in [-0.4, -0.2) is 25.6 Å². The Morgan fingerprint density at radius 2 is 1.77 bits per heavy atom. The molecular formula is C16H13NO4S. The van der Waals surface area contributed by atoms with Crippen LogP contribution in [0.4, 0.5) is 0 Å². The van der Waals surface area contributed by atoms with Crippen molar-refractivity contribution in [2.24, 2.45) is 0 Å². The molecule has 0 saturated heterocycles. The zero-order chi connectivity index (χ0) is 15.7. The van der Waals surface area contributed by atoms with E-state index in [1.54, 1.807) is 24.3 Å². The molecule has 0 unspecified atom stereocenters. The van der Waals surface area contributed by atoms with Crippen LogP contribution < -0.4 is 4.74 Å². The lowest BCUT2D eigenvalue weighted by Gasteiger charge is -2.09. The highest BCUT2D eigenvalue weighted by molar-refractivity contribution is 7.91. The highest BCUT2D eigenvalue weighted by Gasteiger charge is 2.21. The number of benzene rings is 2. The van der Waals surface area contributed by atoms with Gasteiger partial charge in [0.1, 0.15) is 17.0 Å². The van der Waals surface area contributed by atoms with Crippen LogP contribution in [-0.2, 0) is 9.84 Å². The van der Waals surface area contributed by atoms with Gasteiger partial charge in [-0.15, -0.1) is 0 Å². The van der Waals surface area contributed by atoms with E-state index >= 15 is 0 Å². The first-order valence-corrected chi connectivity index (χ1v) is 7.98. The van der Waals surface area contributed by atoms with Crippen molar-refractivity contribution in [3.05, 3.63) is 54.7 Å². The van der Waals surface area contributed by atoms with Crippen LogP contribution in [0.15, 0.2) is 64.5 Å². The molecule has 5 nitrogen and oxygen atoms in total. The largest absolute Gasteiger partial charge is 0.506 e. The molecule has 1 heterocycles. The number of pyridine rings is 1. The van der Waals surface area contributed by atoms with Crippen molar-refractivity contribution >= 4 is 20.7 Å². The number of ether oxygens (including phenoxy) is 1. The minimum atomic E-state index is -3.71. The van der Waals surface area contributed by atoms with Crippen LogP contribution in [0.25, 0.3) is 10.9 Å². The van der Waals surface area contributed by atoms with E-state index < -0.39 is 9.84 Å². The summed E-state index contributed by atoms with van der Waals surface area (Å²) in [5, 5.41) is 10.2. The van der Waals surface area contributed by atoms with E-state index in [9.17, 15) is 13.5 Å². The van der Waals surface area contributed by atoms with E-state index in [2.05, 4.69) is 4.98 Å². The lowest BCUT2D eigenvalue weighted by Crippen LogP contribution is -2.03. The molecule has 2 aromatic carbocycles. The molecule has 112 valence electrons. The first kappa shape index (κ1) is 14.3. The summed E-state index contributed by atoms with van der Waals surface area (Å²) in [5.41, 5.74) is 0.261. The molecule has 0 radical (unpaired) electrons. The van der Waals surface area contributed by atoms with Crippen LogP contribution in [0.1, 0.15) is 0 Å². The fourth-order valence-electron chi connectivity index (χ4n) is 2.25. The van der Waals surface area contributed by atoms with Crippen LogP contribution in [0.2, 0.25) is 0 Å². The van der Waals surface area contributed by atoms with Crippen molar-refractivity contribution in [3.63, 3.8) is 0 Å². The summed E-state index contributed by atoms with van der Waals surface area (Å²) in [5.74, 6) is 0.528. The molecule has 0 fully saturated rings. The summed E-state index contributed by atoms with van der Waals surface area (Å²) in [7, 11) is -2.20. The SMILES string of the molecule is COc1ccc(S(=O)(=O)c2ccc(O)c3ncccc23)cc1. The molecule has 0 bridgehead atoms. The topological polar surface area (TPSA) is 76.5 Å². The monoisotopic (exact) mass is 315 g/mol. The second-order valence-corrected chi connectivity index (χ2v) is 6.58. The van der Waals surface area contributed by atoms with Gasteiger partial charge in [0.2, 0.25) is 9.84 Å². The number of aromatic hydroxyl groups is 1. The molecule has 0 aliphatic rings. The van der Waals surface area contributed by atoms with Gasteiger partial charge in [0, 0.05) is 11.6 Å². The number of methoxy groups -OCH3 is 1. The summed E-state index contributed by atoms with van der Waals surface area (Å²) < 4.78 is 30.7. The van der Waals surface area contributed by atoms with Crippen LogP contribution in [0, 0.1) is 0 Å². The van der Waals surface area contributed by atoms with Gasteiger partial charge in [-0.3, -0.25) is 4.98 Å². The molecule has 0 atom stereocenters. The average Bonchev–Trinajstić information content (AvgIpc) is 2.55. The number of nitrogens with zero attached hydrogens (tertiary/aromatic N) is 1. The van der Waals surface area contributed by atoms with E-state index in [0.29, 0.717) is 11.1 Å². The number of phenols is 1. The van der Waals surface area contributed by atoms with Crippen molar-refractivity contribution in [3.8, 4) is 11.5 Å². The van der Waals surface area contributed by atoms with Crippen molar-refractivity contribution in [2.75, 3.05) is 7.11 Å². The summed E-state index contributed by atoms with van der Waals surface area (Å²) in [6, 6.07) is 12.1. The number of hydrogen-bond donors (Lipinski definition) is 1. The van der Waals surface area contributed by atoms with Crippen LogP contribution >= 0.6 is 0 Å². The third-order valence-electron chi connectivity index (χ3n) is 3.37. The Bertz CT molecular complexity index is 934. The van der Waals surface area contributed by atoms with Crippen LogP contribution in [0.5, 0.6) is 11.5 Å². The predicted octanol–water partition coefficient (Wildman–Crippen LogP) is 2.78. The number of fused-ring (bicyclic) bond motifs is 1. The number of phenolic OH excluding ortho intramolecular Hbond substituents is 1. The third kappa shape index (κ3) is 2.27. The van der Waals surface area contributed by atoms with Crippen molar-refractivity contribution in [1.29, 1.82) is 0 Å². The lowest BCUT2D eigenvalue weighted by molar-refractivity contribution is 0.414. The van der Waals surface area contributed by atoms with E-state index in [1.807, 2.05) is 0 Å². The average molecular weight is 315 g/mol. The van der Waals surface area contributed by atoms with Gasteiger partial charge in [0.05, 0.1) is 16.9 Å². The molecule has 0 spiro atoms. The van der Waals surface area contributed by atoms with Gasteiger partial charge >= 0.3 is 0 Å². The van der Waals surface area contributed by atoms with Gasteiger partial charge in [-0.2, -0.15) is 0 Å². The standard InChI is InChI=1S/C16H13NO4S/c1-21-11-4-6-12(7-5-11)22(19,20)15-9-8-14(18)16-13(15)3-2-10-17-16/h2-10,18H,1H3. The number of aromatic nitrogens is 1. The van der Waals surface area contributed by atoms with Gasteiger partial charge in [0.15, 0.2) is 0 Å². The van der Waals surface area contributed by atoms with Crippen molar-refractivity contribution < 1.29 is 18.3 Å². The molecule has 0 aliphatic carbocycles. The smallest absolute Gasteiger partial charge is 0.207 e. The zero-order valence-corrected chi connectivity index (χ0v) is 12.5. The quantitative estimate of drug-likeness (QED) is 0.804. The van der Waals surface area contributed by atoms with Crippen molar-refractivity contribution in [2.45, 2.75) is 9.79 Å². The van der Waals surface area contributed by atoms with E-state index in [1.165, 1.54) is 37.6 Å². The van der Waals surface area contributed by atoms with Crippen molar-refractivity contribution in [1.82, 2.24) is 4.98 Å². The van der Waals surface area contributed by atoms with Gasteiger partial charge in [-0.1, -0.05) is 0 Å². The fourth-order valence-corrected chi connectivity index (χ4v) is 3.70. The van der Waals surface area contributed by atoms with E-state index in [0.717, 1.165) is 0 Å². The Morgan fingerprint density at radius 3 is 2.45 bits per heavy atom. The molecule has 0 aliphatic heterocycles. The lowest BCUT2D eigenvalue weighted by atomic mass is 10.2. The Balaban J connectivity index is 2.23. The second-order valence-electron chi connectivity index (χ2n) is 4.66. The second kappa shape index (κ2) is 5.31. The molecule has 22 heavy (non-hydrogen) atoms. The van der Waals surface area contributed by atoms with Gasteiger partial charge in [-0.05, 0) is 48.5 Å². The number of sulfone groups is 1. The third-order valence-corrected chi connectivity index (χ3v) is 5.20. The summed E-state index contributed by atoms with van der Waals surface area (Å²) in [6.45, 7) is 0. The van der Waals surface area contributed by atoms with E-state index in [-0.39, 0.29) is 21.1 Å². The maximum atomic E-state index is 12.8. The van der Waals surface area contributed by atoms with Gasteiger partial charge in [0.25, 0.3) is 0 Å². The van der Waals surface area contributed by atoms with Crippen LogP contribution in [0.3, 0.4) is 0 Å². The molecule has 3 rings (SSSR count). The molecule has 0 amide bonds. The summed E-state index contributed by atoms with van der Waals surface area (Å²) in [4.78, 5) is 4.31. The van der Waals surface area contributed by atoms with E-state index in [4.69, 9.17) is 4.74 Å². The maximum Gasteiger partial charge on any atom is 0.207 e. The van der Waals surface area contributed by atoms with Gasteiger partial charge < -0.3 is 9.84 Å². The first-order valence-electron chi connectivity index (χ1n) is 6.50. The zero-order valence-electron chi connectivity index (χ0n) is 11.7. The summed E-state index contributed by atoms with van der Waals surface area (Å²) in [6.07, 6.45) is 1.51.